The van der Waals surface area contributed by atoms with E-state index >= 15 is 0 Å². The highest BCUT2D eigenvalue weighted by Crippen LogP contribution is 2.17. The summed E-state index contributed by atoms with van der Waals surface area (Å²) in [7, 11) is 0. The lowest BCUT2D eigenvalue weighted by Gasteiger charge is -2.08. The molecule has 0 saturated carbocycles. The Hall–Kier alpha value is -2.14. The molecule has 1 aromatic heterocycles. The molecule has 6 heteroatoms. The molecule has 2 N–H and O–H groups in total. The molecule has 0 spiro atoms. The molecule has 4 nitrogen and oxygen atoms in total. The Balaban J connectivity index is 2.16. The minimum absolute atomic E-state index is 0.223. The number of carbonyl (C=O) groups is 1. The van der Waals surface area contributed by atoms with Crippen LogP contribution in [0.15, 0.2) is 36.4 Å². The fourth-order valence-electron chi connectivity index (χ4n) is 1.74. The summed E-state index contributed by atoms with van der Waals surface area (Å²) in [5.41, 5.74) is 0.744. The number of carbonyl (C=O) groups excluding carboxylic acids is 1. The molecule has 110 valence electrons. The van der Waals surface area contributed by atoms with E-state index < -0.39 is 5.82 Å². The van der Waals surface area contributed by atoms with E-state index in [1.54, 1.807) is 12.1 Å². The van der Waals surface area contributed by atoms with E-state index in [1.807, 2.05) is 6.92 Å². The summed E-state index contributed by atoms with van der Waals surface area (Å²) in [6, 6.07) is 8.77. The lowest BCUT2D eigenvalue weighted by Crippen LogP contribution is -2.13. The number of pyridine rings is 1. The van der Waals surface area contributed by atoms with Crippen LogP contribution in [0.25, 0.3) is 0 Å². The van der Waals surface area contributed by atoms with Crippen LogP contribution in [0.5, 0.6) is 0 Å². The molecule has 1 aromatic carbocycles. The Morgan fingerprint density at radius 3 is 2.86 bits per heavy atom. The number of anilines is 2. The molecule has 0 aliphatic rings. The molecule has 0 aliphatic carbocycles. The van der Waals surface area contributed by atoms with Crippen molar-refractivity contribution in [1.82, 2.24) is 4.98 Å². The number of hydrogen-bond acceptors (Lipinski definition) is 3. The van der Waals surface area contributed by atoms with E-state index in [2.05, 4.69) is 15.6 Å². The van der Waals surface area contributed by atoms with Crippen molar-refractivity contribution in [2.24, 2.45) is 0 Å². The van der Waals surface area contributed by atoms with Crippen LogP contribution in [0, 0.1) is 5.82 Å². The molecule has 0 saturated heterocycles. The summed E-state index contributed by atoms with van der Waals surface area (Å²) in [5.74, 6) is -0.246. The zero-order valence-electron chi connectivity index (χ0n) is 11.5. The van der Waals surface area contributed by atoms with Gasteiger partial charge in [0.15, 0.2) is 0 Å². The number of hydrogen-bond donors (Lipinski definition) is 2. The Bertz CT molecular complexity index is 649. The maximum absolute atomic E-state index is 13.1. The highest BCUT2D eigenvalue weighted by molar-refractivity contribution is 6.30. The molecular formula is C15H15ClFN3O. The third-order valence-corrected chi connectivity index (χ3v) is 2.89. The molecule has 1 amide bonds. The van der Waals surface area contributed by atoms with Crippen molar-refractivity contribution < 1.29 is 9.18 Å². The minimum atomic E-state index is -0.411. The van der Waals surface area contributed by atoms with Crippen molar-refractivity contribution >= 4 is 29.0 Å². The summed E-state index contributed by atoms with van der Waals surface area (Å²) in [6.45, 7) is 2.76. The Labute approximate surface area is 127 Å². The van der Waals surface area contributed by atoms with Gasteiger partial charge in [-0.1, -0.05) is 24.6 Å². The summed E-state index contributed by atoms with van der Waals surface area (Å²) >= 11 is 5.91. The third kappa shape index (κ3) is 4.43. The zero-order chi connectivity index (χ0) is 15.2. The average Bonchev–Trinajstić information content (AvgIpc) is 2.44. The van der Waals surface area contributed by atoms with E-state index in [4.69, 9.17) is 11.6 Å². The first kappa shape index (κ1) is 15.3. The number of aromatic nitrogens is 1. The van der Waals surface area contributed by atoms with Crippen LogP contribution in [0.2, 0.25) is 5.15 Å². The van der Waals surface area contributed by atoms with Crippen molar-refractivity contribution in [3.63, 3.8) is 0 Å². The molecule has 0 fully saturated rings. The van der Waals surface area contributed by atoms with Gasteiger partial charge in [-0.25, -0.2) is 9.37 Å². The van der Waals surface area contributed by atoms with E-state index in [9.17, 15) is 9.18 Å². The van der Waals surface area contributed by atoms with E-state index in [-0.39, 0.29) is 11.1 Å². The fraction of sp³-hybridized carbons (Fsp3) is 0.200. The zero-order valence-corrected chi connectivity index (χ0v) is 12.2. The van der Waals surface area contributed by atoms with Gasteiger partial charge < -0.3 is 10.6 Å². The number of rotatable bonds is 5. The normalized spacial score (nSPS) is 10.2. The Morgan fingerprint density at radius 2 is 2.14 bits per heavy atom. The molecule has 0 aliphatic heterocycles. The van der Waals surface area contributed by atoms with Gasteiger partial charge >= 0.3 is 0 Å². The number of amides is 1. The first-order valence-electron chi connectivity index (χ1n) is 6.57. The average molecular weight is 308 g/mol. The number of nitrogens with one attached hydrogen (secondary N) is 2. The summed E-state index contributed by atoms with van der Waals surface area (Å²) < 4.78 is 13.1. The molecule has 21 heavy (non-hydrogen) atoms. The largest absolute Gasteiger partial charge is 0.370 e. The molecule has 2 aromatic rings. The van der Waals surface area contributed by atoms with E-state index in [0.29, 0.717) is 17.1 Å². The van der Waals surface area contributed by atoms with Crippen molar-refractivity contribution in [3.05, 3.63) is 52.9 Å². The van der Waals surface area contributed by atoms with Gasteiger partial charge in [-0.2, -0.15) is 0 Å². The van der Waals surface area contributed by atoms with Gasteiger partial charge in [-0.15, -0.1) is 0 Å². The van der Waals surface area contributed by atoms with Crippen molar-refractivity contribution in [3.8, 4) is 0 Å². The molecule has 0 radical (unpaired) electrons. The maximum atomic E-state index is 13.1. The van der Waals surface area contributed by atoms with Crippen LogP contribution < -0.4 is 10.6 Å². The molecule has 0 atom stereocenters. The molecular weight excluding hydrogens is 293 g/mol. The van der Waals surface area contributed by atoms with E-state index in [0.717, 1.165) is 13.0 Å². The van der Waals surface area contributed by atoms with Gasteiger partial charge in [0.1, 0.15) is 16.8 Å². The third-order valence-electron chi connectivity index (χ3n) is 2.69. The van der Waals surface area contributed by atoms with Gasteiger partial charge in [0.2, 0.25) is 0 Å². The van der Waals surface area contributed by atoms with Crippen LogP contribution in [0.4, 0.5) is 15.9 Å². The number of nitrogens with zero attached hydrogens (tertiary/aromatic N) is 1. The van der Waals surface area contributed by atoms with Gasteiger partial charge in [-0.05, 0) is 36.8 Å². The molecule has 1 heterocycles. The second-order valence-corrected chi connectivity index (χ2v) is 4.84. The summed E-state index contributed by atoms with van der Waals surface area (Å²) in [5, 5.41) is 5.91. The standard InChI is InChI=1S/C15H15ClFN3O/c1-2-6-18-14-8-10(7-13(16)20-14)15(21)19-12-5-3-4-11(17)9-12/h3-5,7-9H,2,6H2,1H3,(H,18,20)(H,19,21). The maximum Gasteiger partial charge on any atom is 0.255 e. The second-order valence-electron chi connectivity index (χ2n) is 4.46. The van der Waals surface area contributed by atoms with Gasteiger partial charge in [0, 0.05) is 17.8 Å². The van der Waals surface area contributed by atoms with Crippen LogP contribution in [-0.4, -0.2) is 17.4 Å². The topological polar surface area (TPSA) is 54.0 Å². The summed E-state index contributed by atoms with van der Waals surface area (Å²) in [6.07, 6.45) is 0.930. The lowest BCUT2D eigenvalue weighted by molar-refractivity contribution is 0.102. The first-order valence-corrected chi connectivity index (χ1v) is 6.94. The minimum Gasteiger partial charge on any atom is -0.370 e. The Kier molecular flexibility index (Phi) is 5.11. The predicted octanol–water partition coefficient (Wildman–Crippen LogP) is 3.95. The monoisotopic (exact) mass is 307 g/mol. The second kappa shape index (κ2) is 7.04. The van der Waals surface area contributed by atoms with Crippen LogP contribution in [0.1, 0.15) is 23.7 Å². The Morgan fingerprint density at radius 1 is 1.33 bits per heavy atom. The van der Waals surface area contributed by atoms with Gasteiger partial charge in [0.05, 0.1) is 0 Å². The fourth-order valence-corrected chi connectivity index (χ4v) is 1.95. The number of halogens is 2. The van der Waals surface area contributed by atoms with E-state index in [1.165, 1.54) is 24.3 Å². The first-order chi connectivity index (χ1) is 10.1. The molecule has 0 unspecified atom stereocenters. The van der Waals surface area contributed by atoms with Crippen molar-refractivity contribution in [1.29, 1.82) is 0 Å². The highest BCUT2D eigenvalue weighted by atomic mass is 35.5. The van der Waals surface area contributed by atoms with Crippen molar-refractivity contribution in [2.75, 3.05) is 17.2 Å². The van der Waals surface area contributed by atoms with Crippen LogP contribution in [0.3, 0.4) is 0 Å². The van der Waals surface area contributed by atoms with Gasteiger partial charge in [-0.3, -0.25) is 4.79 Å². The quantitative estimate of drug-likeness (QED) is 0.822. The van der Waals surface area contributed by atoms with Gasteiger partial charge in [0.25, 0.3) is 5.91 Å². The molecule has 0 bridgehead atoms. The predicted molar refractivity (Wildman–Crippen MR) is 82.4 cm³/mol. The molecule has 2 rings (SSSR count). The highest BCUT2D eigenvalue weighted by Gasteiger charge is 2.10. The lowest BCUT2D eigenvalue weighted by atomic mass is 10.2. The summed E-state index contributed by atoms with van der Waals surface area (Å²) in [4.78, 5) is 16.2. The SMILES string of the molecule is CCCNc1cc(C(=O)Nc2cccc(F)c2)cc(Cl)n1. The van der Waals surface area contributed by atoms with Crippen LogP contribution >= 0.6 is 11.6 Å². The van der Waals surface area contributed by atoms with Crippen molar-refractivity contribution in [2.45, 2.75) is 13.3 Å². The smallest absolute Gasteiger partial charge is 0.255 e. The van der Waals surface area contributed by atoms with Crippen LogP contribution in [-0.2, 0) is 0 Å². The number of benzene rings is 1.